The third-order valence-corrected chi connectivity index (χ3v) is 4.76. The van der Waals surface area contributed by atoms with Crippen LogP contribution in [0.5, 0.6) is 0 Å². The fraction of sp³-hybridized carbons (Fsp3) is 0.286. The zero-order chi connectivity index (χ0) is 18.1. The van der Waals surface area contributed by atoms with Crippen molar-refractivity contribution in [3.63, 3.8) is 0 Å². The van der Waals surface area contributed by atoms with Crippen LogP contribution >= 0.6 is 0 Å². The number of ether oxygens (including phenoxy) is 1. The molecule has 132 valence electrons. The van der Waals surface area contributed by atoms with Crippen molar-refractivity contribution in [3.8, 4) is 17.5 Å². The second kappa shape index (κ2) is 6.81. The van der Waals surface area contributed by atoms with Gasteiger partial charge in [0.15, 0.2) is 0 Å². The minimum Gasteiger partial charge on any atom is -0.398 e. The maximum atomic E-state index is 13.6. The van der Waals surface area contributed by atoms with E-state index in [1.807, 2.05) is 12.1 Å². The number of aromatic nitrogens is 2. The molecule has 0 amide bonds. The van der Waals surface area contributed by atoms with Crippen LogP contribution in [0.2, 0.25) is 0 Å². The van der Waals surface area contributed by atoms with Gasteiger partial charge in [-0.3, -0.25) is 0 Å². The van der Waals surface area contributed by atoms with Gasteiger partial charge in [0.25, 0.3) is 0 Å². The predicted octanol–water partition coefficient (Wildman–Crippen LogP) is 3.83. The van der Waals surface area contributed by atoms with Crippen LogP contribution in [0.25, 0.3) is 16.6 Å². The molecule has 0 aliphatic carbocycles. The average molecular weight is 349 g/mol. The van der Waals surface area contributed by atoms with Gasteiger partial charge in [0, 0.05) is 35.8 Å². The number of hydrogen-bond donors (Lipinski definition) is 1. The van der Waals surface area contributed by atoms with Gasteiger partial charge in [-0.2, -0.15) is 5.10 Å². The SMILES string of the molecule is Cc1cc(-n2ncc3cc(N)c(C#CC4CCOCC4)cc32)ccc1F. The largest absolute Gasteiger partial charge is 0.398 e. The molecule has 4 rings (SSSR count). The Morgan fingerprint density at radius 1 is 1.23 bits per heavy atom. The molecule has 0 unspecified atom stereocenters. The first-order valence-electron chi connectivity index (χ1n) is 8.75. The molecule has 26 heavy (non-hydrogen) atoms. The topological polar surface area (TPSA) is 53.1 Å². The van der Waals surface area contributed by atoms with E-state index in [4.69, 9.17) is 10.5 Å². The Kier molecular flexibility index (Phi) is 4.36. The summed E-state index contributed by atoms with van der Waals surface area (Å²) in [5, 5.41) is 5.37. The van der Waals surface area contributed by atoms with Gasteiger partial charge in [0.2, 0.25) is 0 Å². The van der Waals surface area contributed by atoms with Gasteiger partial charge < -0.3 is 10.5 Å². The highest BCUT2D eigenvalue weighted by atomic mass is 19.1. The van der Waals surface area contributed by atoms with Crippen molar-refractivity contribution in [3.05, 3.63) is 53.5 Å². The Hall–Kier alpha value is -2.84. The number of halogens is 1. The first-order chi connectivity index (χ1) is 12.6. The van der Waals surface area contributed by atoms with Crippen LogP contribution in [0.3, 0.4) is 0 Å². The average Bonchev–Trinajstić information content (AvgIpc) is 3.05. The Labute approximate surface area is 151 Å². The number of benzene rings is 2. The molecular weight excluding hydrogens is 329 g/mol. The maximum absolute atomic E-state index is 13.6. The second-order valence-electron chi connectivity index (χ2n) is 6.64. The van der Waals surface area contributed by atoms with Crippen molar-refractivity contribution in [2.24, 2.45) is 5.92 Å². The highest BCUT2D eigenvalue weighted by Crippen LogP contribution is 2.25. The van der Waals surface area contributed by atoms with Crippen molar-refractivity contribution in [1.29, 1.82) is 0 Å². The molecule has 1 aliphatic rings. The summed E-state index contributed by atoms with van der Waals surface area (Å²) in [6.45, 7) is 3.28. The molecule has 0 saturated carbocycles. The van der Waals surface area contributed by atoms with Crippen LogP contribution in [0.1, 0.15) is 24.0 Å². The van der Waals surface area contributed by atoms with Crippen LogP contribution < -0.4 is 5.73 Å². The fourth-order valence-electron chi connectivity index (χ4n) is 3.19. The number of nitrogen functional groups attached to an aromatic ring is 1. The monoisotopic (exact) mass is 349 g/mol. The third-order valence-electron chi connectivity index (χ3n) is 4.76. The van der Waals surface area contributed by atoms with Crippen molar-refractivity contribution in [1.82, 2.24) is 9.78 Å². The highest BCUT2D eigenvalue weighted by Gasteiger charge is 2.12. The van der Waals surface area contributed by atoms with E-state index in [0.717, 1.165) is 48.2 Å². The smallest absolute Gasteiger partial charge is 0.126 e. The number of fused-ring (bicyclic) bond motifs is 1. The second-order valence-corrected chi connectivity index (χ2v) is 6.64. The van der Waals surface area contributed by atoms with Crippen LogP contribution in [0, 0.1) is 30.5 Å². The fourth-order valence-corrected chi connectivity index (χ4v) is 3.19. The number of nitrogens with zero attached hydrogens (tertiary/aromatic N) is 2. The molecule has 0 spiro atoms. The molecule has 2 aromatic carbocycles. The molecular formula is C21H20FN3O. The quantitative estimate of drug-likeness (QED) is 0.536. The Morgan fingerprint density at radius 3 is 2.81 bits per heavy atom. The van der Waals surface area contributed by atoms with Crippen LogP contribution in [0.15, 0.2) is 36.5 Å². The number of nitrogens with two attached hydrogens (primary N) is 1. The number of aryl methyl sites for hydroxylation is 1. The molecule has 1 aliphatic heterocycles. The van der Waals surface area contributed by atoms with Crippen molar-refractivity contribution < 1.29 is 9.13 Å². The highest BCUT2D eigenvalue weighted by molar-refractivity contribution is 5.86. The van der Waals surface area contributed by atoms with Gasteiger partial charge >= 0.3 is 0 Å². The number of anilines is 1. The van der Waals surface area contributed by atoms with E-state index < -0.39 is 0 Å². The summed E-state index contributed by atoms with van der Waals surface area (Å²) in [5.41, 5.74) is 9.92. The number of hydrogen-bond acceptors (Lipinski definition) is 3. The molecule has 2 N–H and O–H groups in total. The van der Waals surface area contributed by atoms with Crippen LogP contribution in [0.4, 0.5) is 10.1 Å². The third kappa shape index (κ3) is 3.16. The molecule has 3 aromatic rings. The summed E-state index contributed by atoms with van der Waals surface area (Å²) in [6.07, 6.45) is 3.68. The molecule has 5 heteroatoms. The summed E-state index contributed by atoms with van der Waals surface area (Å²) in [4.78, 5) is 0. The van der Waals surface area contributed by atoms with Crippen molar-refractivity contribution >= 4 is 16.6 Å². The van der Waals surface area contributed by atoms with Crippen LogP contribution in [-0.4, -0.2) is 23.0 Å². The summed E-state index contributed by atoms with van der Waals surface area (Å²) < 4.78 is 20.7. The van der Waals surface area contributed by atoms with E-state index >= 15 is 0 Å². The molecule has 2 heterocycles. The lowest BCUT2D eigenvalue weighted by Gasteiger charge is -2.16. The lowest BCUT2D eigenvalue weighted by atomic mass is 10.0. The van der Waals surface area contributed by atoms with Gasteiger partial charge in [0.05, 0.1) is 17.4 Å². The minimum atomic E-state index is -0.225. The standard InChI is InChI=1S/C21H20FN3O/c1-14-10-18(4-5-19(14)22)25-21-12-16(20(23)11-17(21)13-24-25)3-2-15-6-8-26-9-7-15/h4-5,10-13,15H,6-9,23H2,1H3. The lowest BCUT2D eigenvalue weighted by molar-refractivity contribution is 0.0807. The normalized spacial score (nSPS) is 15.0. The summed E-state index contributed by atoms with van der Waals surface area (Å²) >= 11 is 0. The van der Waals surface area contributed by atoms with Gasteiger partial charge in [0.1, 0.15) is 5.82 Å². The summed E-state index contributed by atoms with van der Waals surface area (Å²) in [5.74, 6) is 6.68. The Balaban J connectivity index is 1.75. The number of rotatable bonds is 1. The van der Waals surface area contributed by atoms with E-state index in [9.17, 15) is 4.39 Å². The first kappa shape index (κ1) is 16.6. The molecule has 1 saturated heterocycles. The van der Waals surface area contributed by atoms with E-state index in [2.05, 4.69) is 16.9 Å². The van der Waals surface area contributed by atoms with Crippen LogP contribution in [-0.2, 0) is 4.74 Å². The molecule has 0 bridgehead atoms. The molecule has 0 atom stereocenters. The van der Waals surface area contributed by atoms with Gasteiger partial charge in [-0.1, -0.05) is 11.8 Å². The maximum Gasteiger partial charge on any atom is 0.126 e. The van der Waals surface area contributed by atoms with Crippen molar-refractivity contribution in [2.45, 2.75) is 19.8 Å². The minimum absolute atomic E-state index is 0.225. The van der Waals surface area contributed by atoms with Crippen molar-refractivity contribution in [2.75, 3.05) is 18.9 Å². The molecule has 0 radical (unpaired) electrons. The summed E-state index contributed by atoms with van der Waals surface area (Å²) in [6, 6.07) is 8.82. The van der Waals surface area contributed by atoms with E-state index in [0.29, 0.717) is 17.2 Å². The first-order valence-corrected chi connectivity index (χ1v) is 8.75. The summed E-state index contributed by atoms with van der Waals surface area (Å²) in [7, 11) is 0. The Morgan fingerprint density at radius 2 is 2.04 bits per heavy atom. The Bertz CT molecular complexity index is 1020. The lowest BCUT2D eigenvalue weighted by Crippen LogP contribution is -2.13. The zero-order valence-corrected chi connectivity index (χ0v) is 14.6. The molecule has 4 nitrogen and oxygen atoms in total. The predicted molar refractivity (Wildman–Crippen MR) is 101 cm³/mol. The van der Waals surface area contributed by atoms with Gasteiger partial charge in [-0.25, -0.2) is 9.07 Å². The molecule has 1 fully saturated rings. The molecule has 1 aromatic heterocycles. The van der Waals surface area contributed by atoms with E-state index in [-0.39, 0.29) is 5.82 Å². The van der Waals surface area contributed by atoms with E-state index in [1.165, 1.54) is 6.07 Å². The van der Waals surface area contributed by atoms with Gasteiger partial charge in [-0.15, -0.1) is 0 Å². The van der Waals surface area contributed by atoms with E-state index in [1.54, 1.807) is 29.9 Å². The zero-order valence-electron chi connectivity index (χ0n) is 14.6. The van der Waals surface area contributed by atoms with Gasteiger partial charge in [-0.05, 0) is 55.7 Å².